The molecular weight excluding hydrogens is 371 g/mol. The first-order chi connectivity index (χ1) is 13.0. The maximum absolute atomic E-state index is 13.4. The van der Waals surface area contributed by atoms with Crippen LogP contribution in [0.5, 0.6) is 0 Å². The van der Waals surface area contributed by atoms with Crippen molar-refractivity contribution in [1.82, 2.24) is 9.29 Å². The molecule has 2 aromatic carbocycles. The summed E-state index contributed by atoms with van der Waals surface area (Å²) in [6.07, 6.45) is 1.78. The van der Waals surface area contributed by atoms with Crippen LogP contribution in [0.1, 0.15) is 0 Å². The Bertz CT molecular complexity index is 1060. The second-order valence-electron chi connectivity index (χ2n) is 6.44. The lowest BCUT2D eigenvalue weighted by Crippen LogP contribution is -2.50. The van der Waals surface area contributed by atoms with Gasteiger partial charge in [-0.15, -0.1) is 0 Å². The molecule has 1 aliphatic rings. The third kappa shape index (κ3) is 3.25. The lowest BCUT2D eigenvalue weighted by molar-refractivity contribution is 0.0109. The Kier molecular flexibility index (Phi) is 4.73. The Morgan fingerprint density at radius 1 is 1.22 bits per heavy atom. The molecule has 27 heavy (non-hydrogen) atoms. The van der Waals surface area contributed by atoms with E-state index >= 15 is 0 Å². The van der Waals surface area contributed by atoms with Crippen molar-refractivity contribution >= 4 is 20.9 Å². The number of hydrogen-bond donors (Lipinski definition) is 2. The zero-order chi connectivity index (χ0) is 19.0. The van der Waals surface area contributed by atoms with E-state index in [9.17, 15) is 17.9 Å². The molecule has 8 heteroatoms. The van der Waals surface area contributed by atoms with Crippen LogP contribution < -0.4 is 0 Å². The van der Waals surface area contributed by atoms with E-state index in [4.69, 9.17) is 4.74 Å². The second kappa shape index (κ2) is 7.05. The molecule has 0 radical (unpaired) electrons. The third-order valence-corrected chi connectivity index (χ3v) is 6.77. The number of hydrogen-bond acceptors (Lipinski definition) is 4. The largest absolute Gasteiger partial charge is 0.395 e. The van der Waals surface area contributed by atoms with Crippen molar-refractivity contribution in [2.75, 3.05) is 26.4 Å². The summed E-state index contributed by atoms with van der Waals surface area (Å²) in [7, 11) is -3.72. The number of aliphatic hydroxyl groups excluding tert-OH is 1. The summed E-state index contributed by atoms with van der Waals surface area (Å²) in [4.78, 5) is 3.19. The average molecular weight is 390 g/mol. The van der Waals surface area contributed by atoms with Crippen LogP contribution in [0.25, 0.3) is 22.0 Å². The number of benzene rings is 2. The van der Waals surface area contributed by atoms with Gasteiger partial charge in [-0.05, 0) is 35.9 Å². The number of nitrogens with one attached hydrogen (secondary N) is 1. The van der Waals surface area contributed by atoms with E-state index in [1.165, 1.54) is 16.4 Å². The van der Waals surface area contributed by atoms with E-state index in [0.29, 0.717) is 12.1 Å². The Labute approximate surface area is 156 Å². The molecule has 2 heterocycles. The Balaban J connectivity index is 1.67. The van der Waals surface area contributed by atoms with Crippen LogP contribution in [0.2, 0.25) is 0 Å². The summed E-state index contributed by atoms with van der Waals surface area (Å²) >= 11 is 0. The molecule has 0 unspecified atom stereocenters. The predicted molar refractivity (Wildman–Crippen MR) is 99.3 cm³/mol. The van der Waals surface area contributed by atoms with Crippen LogP contribution in [-0.4, -0.2) is 55.2 Å². The average Bonchev–Trinajstić information content (AvgIpc) is 3.11. The highest BCUT2D eigenvalue weighted by atomic mass is 32.2. The molecule has 1 saturated heterocycles. The van der Waals surface area contributed by atoms with E-state index in [1.54, 1.807) is 36.5 Å². The highest BCUT2D eigenvalue weighted by Gasteiger charge is 2.33. The first-order valence-electron chi connectivity index (χ1n) is 8.58. The Morgan fingerprint density at radius 2 is 2.00 bits per heavy atom. The molecule has 0 bridgehead atoms. The van der Waals surface area contributed by atoms with E-state index in [2.05, 4.69) is 4.98 Å². The van der Waals surface area contributed by atoms with E-state index in [-0.39, 0.29) is 30.5 Å². The molecule has 142 valence electrons. The zero-order valence-corrected chi connectivity index (χ0v) is 15.2. The maximum atomic E-state index is 13.4. The van der Waals surface area contributed by atoms with Gasteiger partial charge >= 0.3 is 0 Å². The summed E-state index contributed by atoms with van der Waals surface area (Å²) in [5.41, 5.74) is 2.38. The molecule has 0 saturated carbocycles. The van der Waals surface area contributed by atoms with Gasteiger partial charge in [0.2, 0.25) is 10.0 Å². The minimum atomic E-state index is -3.72. The van der Waals surface area contributed by atoms with Crippen molar-refractivity contribution in [1.29, 1.82) is 0 Å². The summed E-state index contributed by atoms with van der Waals surface area (Å²) in [6.45, 7) is 0.409. The predicted octanol–water partition coefficient (Wildman–Crippen LogP) is 2.36. The fourth-order valence-electron chi connectivity index (χ4n) is 3.38. The van der Waals surface area contributed by atoms with Crippen molar-refractivity contribution in [2.45, 2.75) is 10.9 Å². The monoisotopic (exact) mass is 390 g/mol. The number of morpholine rings is 1. The molecule has 1 aromatic heterocycles. The second-order valence-corrected chi connectivity index (χ2v) is 8.33. The van der Waals surface area contributed by atoms with Crippen molar-refractivity contribution in [3.8, 4) is 11.1 Å². The standard InChI is InChI=1S/C19H19FN2O4S/c20-14-3-6-17-18(10-21-19(17)9-14)13-1-4-16(5-2-13)27(24,25)22-7-8-26-12-15(22)11-23/h1-6,9-10,15,21,23H,7-8,11-12H2/t15-/m0/s1. The summed E-state index contributed by atoms with van der Waals surface area (Å²) in [5, 5.41) is 10.3. The Morgan fingerprint density at radius 3 is 2.74 bits per heavy atom. The van der Waals surface area contributed by atoms with Gasteiger partial charge in [-0.25, -0.2) is 12.8 Å². The molecule has 2 N–H and O–H groups in total. The smallest absolute Gasteiger partial charge is 0.243 e. The summed E-state index contributed by atoms with van der Waals surface area (Å²) in [5.74, 6) is -0.318. The van der Waals surface area contributed by atoms with Crippen molar-refractivity contribution < 1.29 is 22.7 Å². The van der Waals surface area contributed by atoms with Crippen molar-refractivity contribution in [3.05, 3.63) is 54.5 Å². The van der Waals surface area contributed by atoms with Gasteiger partial charge in [0.25, 0.3) is 0 Å². The number of H-pyrrole nitrogens is 1. The van der Waals surface area contributed by atoms with Crippen LogP contribution in [0, 0.1) is 5.82 Å². The fourth-order valence-corrected chi connectivity index (χ4v) is 4.96. The molecule has 6 nitrogen and oxygen atoms in total. The van der Waals surface area contributed by atoms with E-state index in [1.807, 2.05) is 0 Å². The highest BCUT2D eigenvalue weighted by molar-refractivity contribution is 7.89. The SMILES string of the molecule is O=S(=O)(c1ccc(-c2c[nH]c3cc(F)ccc23)cc1)N1CCOC[C@@H]1CO. The number of ether oxygens (including phenoxy) is 1. The number of aliphatic hydroxyl groups is 1. The van der Waals surface area contributed by atoms with Crippen molar-refractivity contribution in [3.63, 3.8) is 0 Å². The molecule has 1 aliphatic heterocycles. The van der Waals surface area contributed by atoms with Gasteiger partial charge in [0.15, 0.2) is 0 Å². The molecule has 3 aromatic rings. The van der Waals surface area contributed by atoms with Crippen LogP contribution >= 0.6 is 0 Å². The molecule has 1 atom stereocenters. The minimum absolute atomic E-state index is 0.164. The van der Waals surface area contributed by atoms with E-state index in [0.717, 1.165) is 16.5 Å². The number of rotatable bonds is 4. The summed E-state index contributed by atoms with van der Waals surface area (Å²) in [6, 6.07) is 10.5. The van der Waals surface area contributed by atoms with Crippen LogP contribution in [-0.2, 0) is 14.8 Å². The van der Waals surface area contributed by atoms with Gasteiger partial charge in [-0.1, -0.05) is 12.1 Å². The number of aromatic nitrogens is 1. The van der Waals surface area contributed by atoms with Gasteiger partial charge in [-0.2, -0.15) is 4.31 Å². The van der Waals surface area contributed by atoms with Gasteiger partial charge in [0, 0.05) is 29.2 Å². The van der Waals surface area contributed by atoms with Gasteiger partial charge in [-0.3, -0.25) is 0 Å². The maximum Gasteiger partial charge on any atom is 0.243 e. The lowest BCUT2D eigenvalue weighted by Gasteiger charge is -2.33. The van der Waals surface area contributed by atoms with Crippen LogP contribution in [0.4, 0.5) is 4.39 Å². The van der Waals surface area contributed by atoms with Gasteiger partial charge in [0.05, 0.1) is 30.8 Å². The fraction of sp³-hybridized carbons (Fsp3) is 0.263. The first kappa shape index (κ1) is 18.1. The highest BCUT2D eigenvalue weighted by Crippen LogP contribution is 2.30. The number of halogens is 1. The molecule has 4 rings (SSSR count). The molecule has 0 aliphatic carbocycles. The number of sulfonamides is 1. The topological polar surface area (TPSA) is 82.6 Å². The van der Waals surface area contributed by atoms with Crippen LogP contribution in [0.15, 0.2) is 53.6 Å². The lowest BCUT2D eigenvalue weighted by atomic mass is 10.1. The van der Waals surface area contributed by atoms with Gasteiger partial charge in [0.1, 0.15) is 5.82 Å². The van der Waals surface area contributed by atoms with Gasteiger partial charge < -0.3 is 14.8 Å². The van der Waals surface area contributed by atoms with E-state index < -0.39 is 16.1 Å². The first-order valence-corrected chi connectivity index (χ1v) is 10.0. The Hall–Kier alpha value is -2.26. The molecular formula is C19H19FN2O4S. The molecule has 0 spiro atoms. The van der Waals surface area contributed by atoms with Crippen molar-refractivity contribution in [2.24, 2.45) is 0 Å². The minimum Gasteiger partial charge on any atom is -0.395 e. The number of nitrogens with zero attached hydrogens (tertiary/aromatic N) is 1. The molecule has 0 amide bonds. The number of aromatic amines is 1. The molecule has 1 fully saturated rings. The number of fused-ring (bicyclic) bond motifs is 1. The summed E-state index contributed by atoms with van der Waals surface area (Å²) < 4.78 is 45.7. The third-order valence-electron chi connectivity index (χ3n) is 4.80. The zero-order valence-electron chi connectivity index (χ0n) is 14.4. The van der Waals surface area contributed by atoms with Crippen LogP contribution in [0.3, 0.4) is 0 Å². The quantitative estimate of drug-likeness (QED) is 0.717. The normalized spacial score (nSPS) is 18.8.